The van der Waals surface area contributed by atoms with Crippen LogP contribution < -0.4 is 33.3 Å². The molecular weight excluding hydrogens is 973 g/mol. The van der Waals surface area contributed by atoms with Crippen molar-refractivity contribution < 1.29 is 42.9 Å². The molecule has 0 amide bonds. The number of nitro groups is 1. The number of nitro benzene ring substituents is 1. The van der Waals surface area contributed by atoms with Crippen molar-refractivity contribution in [1.82, 2.24) is 0 Å². The van der Waals surface area contributed by atoms with Crippen LogP contribution in [0.25, 0.3) is 22.3 Å². The van der Waals surface area contributed by atoms with Gasteiger partial charge in [-0.15, -0.1) is 23.4 Å². The van der Waals surface area contributed by atoms with Gasteiger partial charge in [0, 0.05) is 32.3 Å². The van der Waals surface area contributed by atoms with Crippen LogP contribution in [0, 0.1) is 10.1 Å². The molecule has 0 unspecified atom stereocenters. The van der Waals surface area contributed by atoms with Crippen LogP contribution in [0.15, 0.2) is 157 Å². The van der Waals surface area contributed by atoms with Crippen molar-refractivity contribution in [3.63, 3.8) is 0 Å². The molecule has 0 saturated heterocycles. The van der Waals surface area contributed by atoms with E-state index in [1.807, 2.05) is 92.7 Å². The Labute approximate surface area is 453 Å². The Morgan fingerprint density at radius 2 is 1.05 bits per heavy atom. The molecule has 0 radical (unpaired) electrons. The van der Waals surface area contributed by atoms with E-state index in [0.29, 0.717) is 31.1 Å². The lowest BCUT2D eigenvalue weighted by molar-refractivity contribution is -0.385. The molecule has 0 aliphatic rings. The number of anilines is 1. The average Bonchev–Trinajstić information content (AvgIpc) is 3.44. The fourth-order valence-electron chi connectivity index (χ4n) is 8.16. The summed E-state index contributed by atoms with van der Waals surface area (Å²) in [5.74, 6) is 0.131. The van der Waals surface area contributed by atoms with Crippen LogP contribution in [-0.4, -0.2) is 56.4 Å². The monoisotopic (exact) mass is 1040 g/mol. The van der Waals surface area contributed by atoms with Crippen LogP contribution in [0.5, 0.6) is 34.5 Å². The van der Waals surface area contributed by atoms with E-state index < -0.39 is 28.7 Å². The van der Waals surface area contributed by atoms with Gasteiger partial charge in [-0.3, -0.25) is 10.1 Å². The Hall–Kier alpha value is -8.26. The summed E-state index contributed by atoms with van der Waals surface area (Å²) in [6.07, 6.45) is 14.9. The molecule has 404 valence electrons. The number of rotatable bonds is 31. The highest BCUT2D eigenvalue weighted by Gasteiger charge is 2.25. The number of hydrogen-bond donors (Lipinski definition) is 0. The zero-order chi connectivity index (χ0) is 55.1. The highest BCUT2D eigenvalue weighted by Crippen LogP contribution is 2.45. The molecule has 0 spiro atoms. The smallest absolute Gasteiger partial charge is 0.343 e. The largest absolute Gasteiger partial charge is 0.494 e. The first kappa shape index (κ1) is 58.0. The predicted octanol–water partition coefficient (Wildman–Crippen LogP) is 16.8. The van der Waals surface area contributed by atoms with Gasteiger partial charge in [0.2, 0.25) is 5.75 Å². The number of allylic oxidation sites excluding steroid dienone is 1. The van der Waals surface area contributed by atoms with Crippen molar-refractivity contribution in [3.8, 4) is 56.8 Å². The molecule has 77 heavy (non-hydrogen) atoms. The van der Waals surface area contributed by atoms with Gasteiger partial charge in [-0.25, -0.2) is 9.59 Å². The molecular formula is C63H72N4O10. The Kier molecular flexibility index (Phi) is 22.4. The molecule has 0 bridgehead atoms. The number of unbranched alkanes of at least 4 members (excludes halogenated alkanes) is 7. The van der Waals surface area contributed by atoms with Crippen LogP contribution in [0.4, 0.5) is 22.7 Å². The number of hydrogen-bond acceptors (Lipinski definition) is 13. The first-order chi connectivity index (χ1) is 37.3. The number of carbonyl (C=O) groups excluding carboxylic acids is 2. The van der Waals surface area contributed by atoms with Gasteiger partial charge in [-0.2, -0.15) is 0 Å². The Morgan fingerprint density at radius 3 is 1.55 bits per heavy atom. The summed E-state index contributed by atoms with van der Waals surface area (Å²) < 4.78 is 36.0. The van der Waals surface area contributed by atoms with Crippen molar-refractivity contribution in [3.05, 3.63) is 168 Å². The van der Waals surface area contributed by atoms with E-state index in [4.69, 9.17) is 28.4 Å². The van der Waals surface area contributed by atoms with Gasteiger partial charge in [0.25, 0.3) is 0 Å². The Morgan fingerprint density at radius 1 is 0.584 bits per heavy atom. The fraction of sp³-hybridized carbons (Fsp3) is 0.333. The molecule has 0 aliphatic heterocycles. The maximum absolute atomic E-state index is 13.9. The summed E-state index contributed by atoms with van der Waals surface area (Å²) in [4.78, 5) is 41.4. The van der Waals surface area contributed by atoms with Gasteiger partial charge < -0.3 is 33.3 Å². The molecule has 14 heteroatoms. The third-order valence-electron chi connectivity index (χ3n) is 12.4. The molecule has 6 aromatic carbocycles. The highest BCUT2D eigenvalue weighted by atomic mass is 16.6. The van der Waals surface area contributed by atoms with Crippen molar-refractivity contribution in [2.24, 2.45) is 10.2 Å². The molecule has 6 aromatic rings. The Balaban J connectivity index is 1.24. The summed E-state index contributed by atoms with van der Waals surface area (Å²) in [5.41, 5.74) is 4.18. The fourth-order valence-corrected chi connectivity index (χ4v) is 8.16. The summed E-state index contributed by atoms with van der Waals surface area (Å²) >= 11 is 0. The Bertz CT molecular complexity index is 2920. The number of esters is 2. The SMILES string of the molecule is C=CCCOc1ccc(-c2ccc(C(=O)Oc3cc(N(C)C)c(O[C@@H](C)CCC=C)cc3N=Nc3cc(OC(=O)c4ccc(-c5ccc(OCCCCCCCCCC)cc5)cc4)c([N+](=O)[O-])cc3OC(C)C)cc2)cc1. The van der Waals surface area contributed by atoms with Crippen LogP contribution in [0.3, 0.4) is 0 Å². The number of azo groups is 1. The van der Waals surface area contributed by atoms with Gasteiger partial charge in [-0.1, -0.05) is 113 Å². The molecule has 0 aliphatic carbocycles. The minimum Gasteiger partial charge on any atom is -0.494 e. The molecule has 0 aromatic heterocycles. The predicted molar refractivity (Wildman–Crippen MR) is 305 cm³/mol. The van der Waals surface area contributed by atoms with Gasteiger partial charge in [0.15, 0.2) is 11.5 Å². The standard InChI is InChI=1S/C63H72N4O10/c1-9-12-15-16-17-18-19-20-39-73-53-36-32-49(33-37-53)47-24-28-51(29-25-47)63(69)77-61-41-54(58(74-44(4)5)43-57(61)67(70)71)64-65-55-40-60(75-45(6)21-13-10-2)56(66(7)8)42-59(55)76-62(68)50-26-22-46(23-27-50)48-30-34-52(35-31-48)72-38-14-11-3/h10-11,22-37,40-45H,2-3,9,12-21,38-39H2,1,4-8H3/t45-/m0/s1. The maximum Gasteiger partial charge on any atom is 0.343 e. The molecule has 1 atom stereocenters. The summed E-state index contributed by atoms with van der Waals surface area (Å²) in [5, 5.41) is 21.6. The van der Waals surface area contributed by atoms with E-state index >= 15 is 0 Å². The number of carbonyl (C=O) groups is 2. The first-order valence-electron chi connectivity index (χ1n) is 26.5. The zero-order valence-corrected chi connectivity index (χ0v) is 45.3. The second-order valence-corrected chi connectivity index (χ2v) is 19.1. The summed E-state index contributed by atoms with van der Waals surface area (Å²) in [6.45, 7) is 16.4. The van der Waals surface area contributed by atoms with Crippen LogP contribution in [-0.2, 0) is 0 Å². The second kappa shape index (κ2) is 29.7. The quantitative estimate of drug-likeness (QED) is 0.00775. The lowest BCUT2D eigenvalue weighted by Gasteiger charge is -2.22. The lowest BCUT2D eigenvalue weighted by atomic mass is 10.0. The van der Waals surface area contributed by atoms with E-state index in [-0.39, 0.29) is 45.9 Å². The van der Waals surface area contributed by atoms with Gasteiger partial charge in [0.1, 0.15) is 28.6 Å². The summed E-state index contributed by atoms with van der Waals surface area (Å²) in [7, 11) is 3.66. The van der Waals surface area contributed by atoms with E-state index in [1.165, 1.54) is 44.6 Å². The zero-order valence-electron chi connectivity index (χ0n) is 45.3. The molecule has 0 fully saturated rings. The third-order valence-corrected chi connectivity index (χ3v) is 12.4. The maximum atomic E-state index is 13.9. The lowest BCUT2D eigenvalue weighted by Crippen LogP contribution is -2.16. The van der Waals surface area contributed by atoms with E-state index in [0.717, 1.165) is 65.5 Å². The molecule has 0 saturated carbocycles. The van der Waals surface area contributed by atoms with E-state index in [2.05, 4.69) is 30.3 Å². The highest BCUT2D eigenvalue weighted by molar-refractivity contribution is 5.93. The first-order valence-corrected chi connectivity index (χ1v) is 26.5. The minimum absolute atomic E-state index is 0.00267. The van der Waals surface area contributed by atoms with Crippen molar-refractivity contribution >= 4 is 34.7 Å². The number of ether oxygens (including phenoxy) is 6. The molecule has 0 heterocycles. The van der Waals surface area contributed by atoms with Crippen molar-refractivity contribution in [2.75, 3.05) is 32.2 Å². The third kappa shape index (κ3) is 17.7. The number of nitrogens with zero attached hydrogens (tertiary/aromatic N) is 4. The molecule has 0 N–H and O–H groups in total. The number of benzene rings is 6. The van der Waals surface area contributed by atoms with Crippen molar-refractivity contribution in [2.45, 2.75) is 111 Å². The normalized spacial score (nSPS) is 11.5. The van der Waals surface area contributed by atoms with Gasteiger partial charge >= 0.3 is 17.6 Å². The van der Waals surface area contributed by atoms with Gasteiger partial charge in [-0.05, 0) is 117 Å². The van der Waals surface area contributed by atoms with E-state index in [1.54, 1.807) is 68.5 Å². The summed E-state index contributed by atoms with van der Waals surface area (Å²) in [6, 6.07) is 34.8. The van der Waals surface area contributed by atoms with Crippen LogP contribution in [0.1, 0.15) is 119 Å². The van der Waals surface area contributed by atoms with Gasteiger partial charge in [0.05, 0.1) is 53.2 Å². The average molecular weight is 1050 g/mol. The topological polar surface area (TPSA) is 161 Å². The second-order valence-electron chi connectivity index (χ2n) is 19.1. The van der Waals surface area contributed by atoms with E-state index in [9.17, 15) is 19.7 Å². The van der Waals surface area contributed by atoms with Crippen LogP contribution >= 0.6 is 0 Å². The molecule has 6 rings (SSSR count). The minimum atomic E-state index is -0.832. The van der Waals surface area contributed by atoms with Crippen LogP contribution in [0.2, 0.25) is 0 Å². The van der Waals surface area contributed by atoms with Crippen molar-refractivity contribution in [1.29, 1.82) is 0 Å². The molecule has 14 nitrogen and oxygen atoms in total.